The van der Waals surface area contributed by atoms with Crippen LogP contribution in [0.1, 0.15) is 32.8 Å². The molecule has 27 heavy (non-hydrogen) atoms. The summed E-state index contributed by atoms with van der Waals surface area (Å²) in [5.74, 6) is 0. The summed E-state index contributed by atoms with van der Waals surface area (Å²) < 4.78 is 0. The minimum atomic E-state index is -0.807. The van der Waals surface area contributed by atoms with Crippen LogP contribution in [-0.4, -0.2) is 18.8 Å². The van der Waals surface area contributed by atoms with Crippen LogP contribution < -0.4 is 0 Å². The molecule has 0 nitrogen and oxygen atoms in total. The lowest BCUT2D eigenvalue weighted by Crippen LogP contribution is -2.15. The minimum absolute atomic E-state index is 0.200. The molecule has 0 fully saturated rings. The summed E-state index contributed by atoms with van der Waals surface area (Å²) in [6.45, 7) is 6.93. The van der Waals surface area contributed by atoms with Gasteiger partial charge in [0.25, 0.3) is 0 Å². The summed E-state index contributed by atoms with van der Waals surface area (Å²) in [4.78, 5) is 1.46. The van der Waals surface area contributed by atoms with Gasteiger partial charge in [-0.2, -0.15) is 0 Å². The first kappa shape index (κ1) is 19.8. The Balaban J connectivity index is 2.17. The maximum Gasteiger partial charge on any atom is -0.00940 e. The highest BCUT2D eigenvalue weighted by Crippen LogP contribution is 2.48. The average Bonchev–Trinajstić information content (AvgIpc) is 2.68. The first-order valence-electron chi connectivity index (χ1n) is 9.70. The van der Waals surface area contributed by atoms with Crippen LogP contribution in [0.5, 0.6) is 0 Å². The highest BCUT2D eigenvalue weighted by molar-refractivity contribution is 8.32. The molecule has 3 rings (SSSR count). The molecule has 0 N–H and O–H groups in total. The highest BCUT2D eigenvalue weighted by atomic mass is 32.3. The summed E-state index contributed by atoms with van der Waals surface area (Å²) >= 11 is 0. The third-order valence-corrected chi connectivity index (χ3v) is 7.23. The minimum Gasteiger partial charge on any atom is -0.223 e. The molecule has 0 spiro atoms. The molecule has 0 heterocycles. The Morgan fingerprint density at radius 2 is 1.26 bits per heavy atom. The van der Waals surface area contributed by atoms with Crippen LogP contribution in [0.2, 0.25) is 0 Å². The molecule has 3 aromatic carbocycles. The summed E-state index contributed by atoms with van der Waals surface area (Å²) in [5.41, 5.74) is 6.85. The van der Waals surface area contributed by atoms with Crippen molar-refractivity contribution in [1.82, 2.24) is 0 Å². The van der Waals surface area contributed by atoms with Gasteiger partial charge in [0.15, 0.2) is 0 Å². The normalized spacial score (nSPS) is 12.8. The molecule has 0 atom stereocenters. The molecule has 1 heteroatoms. The lowest BCUT2D eigenvalue weighted by Gasteiger charge is -2.28. The maximum absolute atomic E-state index is 2.40. The van der Waals surface area contributed by atoms with Crippen LogP contribution in [0.4, 0.5) is 0 Å². The zero-order valence-corrected chi connectivity index (χ0v) is 18.4. The molecule has 0 bridgehead atoms. The van der Waals surface area contributed by atoms with Crippen LogP contribution in [-0.2, 0) is 5.41 Å². The molecule has 0 aliphatic heterocycles. The molecule has 0 unspecified atom stereocenters. The van der Waals surface area contributed by atoms with Gasteiger partial charge in [-0.25, -0.2) is 10.0 Å². The molecule has 0 saturated heterocycles. The van der Waals surface area contributed by atoms with E-state index in [1.807, 2.05) is 0 Å². The number of hydrogen-bond donors (Lipinski definition) is 0. The molecule has 3 aromatic rings. The van der Waals surface area contributed by atoms with Gasteiger partial charge >= 0.3 is 0 Å². The fraction of sp³-hybridized carbons (Fsp3) is 0.308. The summed E-state index contributed by atoms with van der Waals surface area (Å²) in [6.07, 6.45) is 8.25. The molecular weight excluding hydrogens is 344 g/mol. The fourth-order valence-corrected chi connectivity index (χ4v) is 4.20. The van der Waals surface area contributed by atoms with E-state index in [0.717, 1.165) is 6.42 Å². The highest BCUT2D eigenvalue weighted by Gasteiger charge is 2.19. The van der Waals surface area contributed by atoms with Crippen LogP contribution >= 0.6 is 10.0 Å². The molecule has 0 aliphatic rings. The van der Waals surface area contributed by atoms with Crippen molar-refractivity contribution in [3.8, 4) is 22.3 Å². The Kier molecular flexibility index (Phi) is 5.53. The van der Waals surface area contributed by atoms with Gasteiger partial charge in [0.05, 0.1) is 0 Å². The van der Waals surface area contributed by atoms with Crippen molar-refractivity contribution in [2.24, 2.45) is 0 Å². The van der Waals surface area contributed by atoms with E-state index in [4.69, 9.17) is 0 Å². The van der Waals surface area contributed by atoms with Gasteiger partial charge in [-0.05, 0) is 81.5 Å². The van der Waals surface area contributed by atoms with E-state index in [1.165, 1.54) is 32.7 Å². The zero-order chi connectivity index (χ0) is 19.7. The molecule has 0 aromatic heterocycles. The molecule has 0 saturated carbocycles. The molecule has 0 radical (unpaired) electrons. The van der Waals surface area contributed by atoms with Crippen molar-refractivity contribution < 1.29 is 0 Å². The van der Waals surface area contributed by atoms with Crippen molar-refractivity contribution in [2.45, 2.75) is 37.5 Å². The van der Waals surface area contributed by atoms with Crippen molar-refractivity contribution in [1.29, 1.82) is 0 Å². The van der Waals surface area contributed by atoms with Gasteiger partial charge in [-0.15, -0.1) is 0 Å². The van der Waals surface area contributed by atoms with E-state index in [1.54, 1.807) is 0 Å². The lowest BCUT2D eigenvalue weighted by atomic mass is 9.81. The fourth-order valence-electron chi connectivity index (χ4n) is 3.24. The Morgan fingerprint density at radius 3 is 1.85 bits per heavy atom. The number of hydrogen-bond acceptors (Lipinski definition) is 0. The molecular formula is C26H32S. The Labute approximate surface area is 167 Å². The van der Waals surface area contributed by atoms with Crippen molar-refractivity contribution in [3.05, 3.63) is 78.4 Å². The van der Waals surface area contributed by atoms with E-state index in [2.05, 4.69) is 112 Å². The third-order valence-electron chi connectivity index (χ3n) is 5.58. The first-order valence-corrected chi connectivity index (χ1v) is 12.6. The van der Waals surface area contributed by atoms with Gasteiger partial charge in [0.2, 0.25) is 0 Å². The van der Waals surface area contributed by atoms with E-state index in [0.29, 0.717) is 0 Å². The average molecular weight is 377 g/mol. The van der Waals surface area contributed by atoms with E-state index < -0.39 is 10.0 Å². The summed E-state index contributed by atoms with van der Waals surface area (Å²) in [5, 5.41) is 0. The van der Waals surface area contributed by atoms with Gasteiger partial charge in [-0.1, -0.05) is 75.4 Å². The zero-order valence-electron chi connectivity index (χ0n) is 17.5. The van der Waals surface area contributed by atoms with Crippen LogP contribution in [0.25, 0.3) is 22.3 Å². The van der Waals surface area contributed by atoms with Gasteiger partial charge in [-0.3, -0.25) is 0 Å². The quantitative estimate of drug-likeness (QED) is 0.427. The summed E-state index contributed by atoms with van der Waals surface area (Å²) in [6, 6.07) is 27.0. The van der Waals surface area contributed by atoms with Crippen molar-refractivity contribution in [3.63, 3.8) is 0 Å². The smallest absolute Gasteiger partial charge is 0.00940 e. The predicted octanol–water partition coefficient (Wildman–Crippen LogP) is 7.76. The first-order chi connectivity index (χ1) is 12.7. The number of benzene rings is 3. The van der Waals surface area contributed by atoms with Gasteiger partial charge in [0, 0.05) is 0 Å². The standard InChI is InChI=1S/C26H32S/c1-7-26(2,3)24-15-11-14-21(17-24)23-16-22(20-12-9-8-10-13-20)18-25(19-23)27(4,5)6/h8-19H,7H2,1-6H3. The summed E-state index contributed by atoms with van der Waals surface area (Å²) in [7, 11) is -0.807. The van der Waals surface area contributed by atoms with Gasteiger partial charge < -0.3 is 0 Å². The number of rotatable bonds is 5. The van der Waals surface area contributed by atoms with E-state index in [9.17, 15) is 0 Å². The second-order valence-corrected chi connectivity index (χ2v) is 12.9. The third kappa shape index (κ3) is 4.47. The van der Waals surface area contributed by atoms with E-state index in [-0.39, 0.29) is 5.41 Å². The van der Waals surface area contributed by atoms with Crippen LogP contribution in [0.15, 0.2) is 77.7 Å². The largest absolute Gasteiger partial charge is 0.223 e. The maximum atomic E-state index is 2.40. The van der Waals surface area contributed by atoms with Crippen LogP contribution in [0, 0.1) is 0 Å². The van der Waals surface area contributed by atoms with Crippen molar-refractivity contribution >= 4 is 10.0 Å². The van der Waals surface area contributed by atoms with Crippen LogP contribution in [0.3, 0.4) is 0 Å². The Hall–Kier alpha value is -1.99. The van der Waals surface area contributed by atoms with Gasteiger partial charge in [0.1, 0.15) is 0 Å². The lowest BCUT2D eigenvalue weighted by molar-refractivity contribution is 0.506. The van der Waals surface area contributed by atoms with E-state index >= 15 is 0 Å². The SMILES string of the molecule is CCC(C)(C)c1cccc(-c2cc(-c3ccccc3)cc(S(C)(C)C)c2)c1. The second-order valence-electron chi connectivity index (χ2n) is 8.77. The van der Waals surface area contributed by atoms with Crippen molar-refractivity contribution in [2.75, 3.05) is 18.8 Å². The topological polar surface area (TPSA) is 0 Å². The Bertz CT molecular complexity index is 914. The Morgan fingerprint density at radius 1 is 0.667 bits per heavy atom. The predicted molar refractivity (Wildman–Crippen MR) is 124 cm³/mol. The molecule has 0 aliphatic carbocycles. The molecule has 0 amide bonds. The monoisotopic (exact) mass is 376 g/mol. The second kappa shape index (κ2) is 7.56. The molecule has 142 valence electrons.